The Balaban J connectivity index is 0.00000576. The number of guanidine groups is 1. The molecule has 0 aliphatic rings. The zero-order valence-corrected chi connectivity index (χ0v) is 17.0. The highest BCUT2D eigenvalue weighted by Gasteiger charge is 2.30. The van der Waals surface area contributed by atoms with Crippen LogP contribution in [0.3, 0.4) is 0 Å². The van der Waals surface area contributed by atoms with Gasteiger partial charge in [0.15, 0.2) is 5.96 Å². The van der Waals surface area contributed by atoms with E-state index in [4.69, 9.17) is 0 Å². The molecule has 0 saturated carbocycles. The number of carbonyl (C=O) groups excluding carboxylic acids is 1. The van der Waals surface area contributed by atoms with Crippen molar-refractivity contribution in [1.29, 1.82) is 0 Å². The van der Waals surface area contributed by atoms with Crippen molar-refractivity contribution in [3.8, 4) is 0 Å². The van der Waals surface area contributed by atoms with Gasteiger partial charge in [0.25, 0.3) is 0 Å². The summed E-state index contributed by atoms with van der Waals surface area (Å²) < 4.78 is 38.4. The number of benzene rings is 1. The van der Waals surface area contributed by atoms with Crippen LogP contribution in [0.15, 0.2) is 29.3 Å². The first-order valence-electron chi connectivity index (χ1n) is 7.57. The van der Waals surface area contributed by atoms with E-state index >= 15 is 0 Å². The highest BCUT2D eigenvalue weighted by Crippen LogP contribution is 2.30. The van der Waals surface area contributed by atoms with Crippen LogP contribution in [0.2, 0.25) is 0 Å². The number of hydrogen-bond acceptors (Lipinski definition) is 2. The molecule has 0 fully saturated rings. The summed E-state index contributed by atoms with van der Waals surface area (Å²) >= 11 is 0. The monoisotopic (exact) mass is 472 g/mol. The highest BCUT2D eigenvalue weighted by atomic mass is 127. The number of aliphatic imine (C=N–C) groups is 1. The third kappa shape index (κ3) is 7.93. The predicted octanol–water partition coefficient (Wildman–Crippen LogP) is 3.03. The van der Waals surface area contributed by atoms with Gasteiger partial charge in [-0.05, 0) is 31.5 Å². The quantitative estimate of drug-likeness (QED) is 0.394. The van der Waals surface area contributed by atoms with E-state index in [1.165, 1.54) is 11.0 Å². The van der Waals surface area contributed by atoms with Crippen LogP contribution in [-0.4, -0.2) is 44.0 Å². The lowest BCUT2D eigenvalue weighted by Crippen LogP contribution is -2.39. The number of nitrogens with one attached hydrogen (secondary N) is 2. The van der Waals surface area contributed by atoms with Gasteiger partial charge in [-0.3, -0.25) is 4.79 Å². The number of likely N-dealkylation sites (N-methyl/N-ethyl adjacent to an activating group) is 1. The number of carbonyl (C=O) groups is 1. The van der Waals surface area contributed by atoms with Crippen molar-refractivity contribution >= 4 is 35.8 Å². The maximum absolute atomic E-state index is 12.8. The normalized spacial score (nSPS) is 12.8. The maximum atomic E-state index is 12.8. The van der Waals surface area contributed by atoms with Gasteiger partial charge >= 0.3 is 6.18 Å². The summed E-state index contributed by atoms with van der Waals surface area (Å²) in [6, 6.07) is 4.72. The minimum absolute atomic E-state index is 0. The second kappa shape index (κ2) is 10.5. The van der Waals surface area contributed by atoms with Gasteiger partial charge in [0.05, 0.1) is 11.6 Å². The van der Waals surface area contributed by atoms with E-state index in [9.17, 15) is 18.0 Å². The molecule has 142 valence electrons. The second-order valence-electron chi connectivity index (χ2n) is 5.47. The van der Waals surface area contributed by atoms with Gasteiger partial charge in [-0.1, -0.05) is 12.1 Å². The van der Waals surface area contributed by atoms with Gasteiger partial charge in [-0.25, -0.2) is 4.99 Å². The van der Waals surface area contributed by atoms with Crippen LogP contribution in [-0.2, 0) is 11.0 Å². The third-order valence-corrected chi connectivity index (χ3v) is 3.28. The van der Waals surface area contributed by atoms with Crippen molar-refractivity contribution in [2.24, 2.45) is 4.99 Å². The largest absolute Gasteiger partial charge is 0.416 e. The molecule has 0 saturated heterocycles. The number of nitrogens with zero attached hydrogens (tertiary/aromatic N) is 2. The summed E-state index contributed by atoms with van der Waals surface area (Å²) in [5, 5.41) is 5.98. The van der Waals surface area contributed by atoms with Crippen molar-refractivity contribution in [2.75, 3.05) is 27.2 Å². The number of alkyl halides is 3. The predicted molar refractivity (Wildman–Crippen MR) is 103 cm³/mol. The molecule has 0 radical (unpaired) electrons. The van der Waals surface area contributed by atoms with Crippen LogP contribution in [0, 0.1) is 0 Å². The lowest BCUT2D eigenvalue weighted by atomic mass is 10.1. The van der Waals surface area contributed by atoms with E-state index in [-0.39, 0.29) is 36.4 Å². The Hall–Kier alpha value is -1.52. The van der Waals surface area contributed by atoms with E-state index < -0.39 is 17.8 Å². The topological polar surface area (TPSA) is 56.7 Å². The SMILES string of the molecule is CCNC(=NCC(=O)N(C)C)NC(C)c1cccc(C(F)(F)F)c1.I. The van der Waals surface area contributed by atoms with Crippen LogP contribution < -0.4 is 10.6 Å². The Morgan fingerprint density at radius 1 is 1.32 bits per heavy atom. The van der Waals surface area contributed by atoms with Crippen molar-refractivity contribution in [1.82, 2.24) is 15.5 Å². The average molecular weight is 472 g/mol. The Labute approximate surface area is 163 Å². The molecule has 5 nitrogen and oxygen atoms in total. The Bertz CT molecular complexity index is 591. The molecule has 1 amide bonds. The van der Waals surface area contributed by atoms with E-state index in [0.717, 1.165) is 12.1 Å². The smallest absolute Gasteiger partial charge is 0.357 e. The number of rotatable bonds is 5. The highest BCUT2D eigenvalue weighted by molar-refractivity contribution is 14.0. The Kier molecular flexibility index (Phi) is 9.83. The summed E-state index contributed by atoms with van der Waals surface area (Å²) in [7, 11) is 3.26. The van der Waals surface area contributed by atoms with Crippen LogP contribution in [0.4, 0.5) is 13.2 Å². The number of amides is 1. The summed E-state index contributed by atoms with van der Waals surface area (Å²) in [6.45, 7) is 4.12. The fourth-order valence-electron chi connectivity index (χ4n) is 1.88. The van der Waals surface area contributed by atoms with E-state index in [1.54, 1.807) is 27.1 Å². The van der Waals surface area contributed by atoms with Crippen molar-refractivity contribution in [2.45, 2.75) is 26.1 Å². The molecule has 0 aliphatic carbocycles. The molecule has 0 aromatic heterocycles. The molecule has 25 heavy (non-hydrogen) atoms. The molecule has 1 atom stereocenters. The molecule has 1 unspecified atom stereocenters. The maximum Gasteiger partial charge on any atom is 0.416 e. The summed E-state index contributed by atoms with van der Waals surface area (Å²) in [4.78, 5) is 17.2. The van der Waals surface area contributed by atoms with Gasteiger partial charge in [-0.15, -0.1) is 24.0 Å². The fourth-order valence-corrected chi connectivity index (χ4v) is 1.88. The minimum atomic E-state index is -4.38. The molecular weight excluding hydrogens is 448 g/mol. The molecular formula is C16H24F3IN4O. The first-order valence-corrected chi connectivity index (χ1v) is 7.57. The number of halogens is 4. The number of hydrogen-bond donors (Lipinski definition) is 2. The molecule has 1 rings (SSSR count). The summed E-state index contributed by atoms with van der Waals surface area (Å²) in [5.41, 5.74) is -0.215. The van der Waals surface area contributed by atoms with E-state index in [1.807, 2.05) is 6.92 Å². The first kappa shape index (κ1) is 23.5. The molecule has 1 aromatic carbocycles. The summed E-state index contributed by atoms with van der Waals surface area (Å²) in [6.07, 6.45) is -4.38. The second-order valence-corrected chi connectivity index (χ2v) is 5.47. The fraction of sp³-hybridized carbons (Fsp3) is 0.500. The minimum Gasteiger partial charge on any atom is -0.357 e. The van der Waals surface area contributed by atoms with Crippen LogP contribution in [0.1, 0.15) is 31.0 Å². The molecule has 0 spiro atoms. The zero-order valence-electron chi connectivity index (χ0n) is 14.6. The molecule has 1 aromatic rings. The lowest BCUT2D eigenvalue weighted by molar-refractivity contribution is -0.137. The molecule has 0 bridgehead atoms. The Morgan fingerprint density at radius 2 is 1.96 bits per heavy atom. The zero-order chi connectivity index (χ0) is 18.3. The molecule has 0 heterocycles. The van der Waals surface area contributed by atoms with Gasteiger partial charge in [0.1, 0.15) is 6.54 Å². The summed E-state index contributed by atoms with van der Waals surface area (Å²) in [5.74, 6) is 0.205. The van der Waals surface area contributed by atoms with Gasteiger partial charge in [0, 0.05) is 20.6 Å². The lowest BCUT2D eigenvalue weighted by Gasteiger charge is -2.19. The molecule has 0 aliphatic heterocycles. The van der Waals surface area contributed by atoms with Crippen molar-refractivity contribution < 1.29 is 18.0 Å². The van der Waals surface area contributed by atoms with Gasteiger partial charge < -0.3 is 15.5 Å². The van der Waals surface area contributed by atoms with Crippen LogP contribution in [0.25, 0.3) is 0 Å². The standard InChI is InChI=1S/C16H23F3N4O.HI/c1-5-20-15(21-10-14(24)23(3)4)22-11(2)12-7-6-8-13(9-12)16(17,18)19;/h6-9,11H,5,10H2,1-4H3,(H2,20,21,22);1H. The van der Waals surface area contributed by atoms with E-state index in [2.05, 4.69) is 15.6 Å². The van der Waals surface area contributed by atoms with Gasteiger partial charge in [-0.2, -0.15) is 13.2 Å². The van der Waals surface area contributed by atoms with Crippen LogP contribution >= 0.6 is 24.0 Å². The molecule has 9 heteroatoms. The molecule has 2 N–H and O–H groups in total. The first-order chi connectivity index (χ1) is 11.1. The van der Waals surface area contributed by atoms with E-state index in [0.29, 0.717) is 18.1 Å². The van der Waals surface area contributed by atoms with Crippen LogP contribution in [0.5, 0.6) is 0 Å². The van der Waals surface area contributed by atoms with Crippen molar-refractivity contribution in [3.05, 3.63) is 35.4 Å². The average Bonchev–Trinajstić information content (AvgIpc) is 2.51. The van der Waals surface area contributed by atoms with Crippen molar-refractivity contribution in [3.63, 3.8) is 0 Å². The van der Waals surface area contributed by atoms with Gasteiger partial charge in [0.2, 0.25) is 5.91 Å². The Morgan fingerprint density at radius 3 is 2.48 bits per heavy atom. The third-order valence-electron chi connectivity index (χ3n) is 3.28.